The summed E-state index contributed by atoms with van der Waals surface area (Å²) in [4.78, 5) is 11.9. The van der Waals surface area contributed by atoms with Gasteiger partial charge in [0.25, 0.3) is 5.91 Å². The van der Waals surface area contributed by atoms with E-state index >= 15 is 0 Å². The lowest BCUT2D eigenvalue weighted by Crippen LogP contribution is -2.24. The minimum absolute atomic E-state index is 0.0997. The maximum atomic E-state index is 11.9. The number of ether oxygens (including phenoxy) is 1. The van der Waals surface area contributed by atoms with Gasteiger partial charge in [0, 0.05) is 6.21 Å². The van der Waals surface area contributed by atoms with Crippen LogP contribution in [0.2, 0.25) is 0 Å². The third kappa shape index (κ3) is 7.02. The predicted octanol–water partition coefficient (Wildman–Crippen LogP) is 5.78. The number of fused-ring (bicyclic) bond motifs is 1. The average Bonchev–Trinajstić information content (AvgIpc) is 2.64. The summed E-state index contributed by atoms with van der Waals surface area (Å²) in [6.45, 7) is 6.13. The van der Waals surface area contributed by atoms with Crippen LogP contribution in [0.4, 0.5) is 0 Å². The molecular weight excluding hydrogens is 404 g/mol. The second kappa shape index (κ2) is 10.7. The van der Waals surface area contributed by atoms with E-state index < -0.39 is 0 Å². The maximum Gasteiger partial charge on any atom is 0.277 e. The summed E-state index contributed by atoms with van der Waals surface area (Å²) in [5, 5.41) is 6.08. The number of halogens is 1. The van der Waals surface area contributed by atoms with Crippen molar-refractivity contribution < 1.29 is 9.53 Å². The normalized spacial score (nSPS) is 11.6. The lowest BCUT2D eigenvalue weighted by Gasteiger charge is -2.09. The van der Waals surface area contributed by atoms with Gasteiger partial charge >= 0.3 is 0 Å². The van der Waals surface area contributed by atoms with Crippen molar-refractivity contribution in [2.45, 2.75) is 33.6 Å². The molecule has 5 heteroatoms. The number of carbonyl (C=O) groups is 1. The highest BCUT2D eigenvalue weighted by molar-refractivity contribution is 9.10. The number of hydrazone groups is 1. The highest BCUT2D eigenvalue weighted by Gasteiger charge is 2.08. The van der Waals surface area contributed by atoms with Crippen LogP contribution >= 0.6 is 15.9 Å². The second-order valence-corrected chi connectivity index (χ2v) is 7.33. The molecule has 0 unspecified atom stereocenters. The molecular formula is C22H25BrN2O2. The topological polar surface area (TPSA) is 50.7 Å². The number of hydrogen-bond acceptors (Lipinski definition) is 3. The Labute approximate surface area is 169 Å². The highest BCUT2D eigenvalue weighted by Crippen LogP contribution is 2.32. The van der Waals surface area contributed by atoms with Gasteiger partial charge in [0.1, 0.15) is 5.75 Å². The fraction of sp³-hybridized carbons (Fsp3) is 0.273. The van der Waals surface area contributed by atoms with E-state index in [1.807, 2.05) is 49.4 Å². The molecule has 0 bridgehead atoms. The number of carbonyl (C=O) groups excluding carboxylic acids is 1. The minimum atomic E-state index is -0.304. The number of hydrogen-bond donors (Lipinski definition) is 1. The van der Waals surface area contributed by atoms with Gasteiger partial charge in [-0.3, -0.25) is 4.79 Å². The van der Waals surface area contributed by atoms with Crippen molar-refractivity contribution in [2.24, 2.45) is 5.10 Å². The Balaban J connectivity index is 1.81. The molecule has 2 aromatic rings. The lowest BCUT2D eigenvalue weighted by atomic mass is 10.1. The first-order chi connectivity index (χ1) is 13.0. The molecule has 1 N–H and O–H groups in total. The van der Waals surface area contributed by atoms with E-state index in [4.69, 9.17) is 4.74 Å². The number of rotatable bonds is 8. The Kier molecular flexibility index (Phi) is 8.27. The molecule has 1 amide bonds. The largest absolute Gasteiger partial charge is 0.483 e. The molecule has 0 saturated carbocycles. The molecule has 0 heterocycles. The fourth-order valence-corrected chi connectivity index (χ4v) is 3.05. The summed E-state index contributed by atoms with van der Waals surface area (Å²) in [6, 6.07) is 11.8. The van der Waals surface area contributed by atoms with Crippen LogP contribution in [0.5, 0.6) is 5.75 Å². The predicted molar refractivity (Wildman–Crippen MR) is 116 cm³/mol. The monoisotopic (exact) mass is 428 g/mol. The van der Waals surface area contributed by atoms with E-state index in [1.54, 1.807) is 6.21 Å². The molecule has 27 heavy (non-hydrogen) atoms. The molecule has 2 aromatic carbocycles. The molecule has 142 valence electrons. The minimum Gasteiger partial charge on any atom is -0.483 e. The van der Waals surface area contributed by atoms with E-state index in [2.05, 4.69) is 46.4 Å². The van der Waals surface area contributed by atoms with Crippen LogP contribution in [0.25, 0.3) is 10.8 Å². The molecule has 0 aliphatic carbocycles. The molecule has 0 fully saturated rings. The quantitative estimate of drug-likeness (QED) is 0.329. The van der Waals surface area contributed by atoms with Crippen LogP contribution in [-0.2, 0) is 4.79 Å². The van der Waals surface area contributed by atoms with Crippen molar-refractivity contribution in [3.8, 4) is 5.75 Å². The van der Waals surface area contributed by atoms with Gasteiger partial charge in [0.15, 0.2) is 6.61 Å². The number of amides is 1. The molecule has 0 atom stereocenters. The van der Waals surface area contributed by atoms with E-state index in [-0.39, 0.29) is 12.5 Å². The summed E-state index contributed by atoms with van der Waals surface area (Å²) in [7, 11) is 0. The van der Waals surface area contributed by atoms with E-state index in [0.717, 1.165) is 28.1 Å². The van der Waals surface area contributed by atoms with Crippen molar-refractivity contribution in [2.75, 3.05) is 6.61 Å². The zero-order chi connectivity index (χ0) is 19.6. The maximum absolute atomic E-state index is 11.9. The number of benzene rings is 2. The summed E-state index contributed by atoms with van der Waals surface area (Å²) in [6.07, 6.45) is 7.70. The molecule has 0 saturated heterocycles. The summed E-state index contributed by atoms with van der Waals surface area (Å²) in [5.74, 6) is 0.324. The Morgan fingerprint density at radius 2 is 1.96 bits per heavy atom. The lowest BCUT2D eigenvalue weighted by molar-refractivity contribution is -0.123. The van der Waals surface area contributed by atoms with E-state index in [9.17, 15) is 4.79 Å². The van der Waals surface area contributed by atoms with Crippen LogP contribution in [-0.4, -0.2) is 18.7 Å². The summed E-state index contributed by atoms with van der Waals surface area (Å²) >= 11 is 3.54. The second-order valence-electron chi connectivity index (χ2n) is 6.53. The van der Waals surface area contributed by atoms with Gasteiger partial charge in [-0.2, -0.15) is 5.10 Å². The zero-order valence-corrected chi connectivity index (χ0v) is 17.5. The summed E-state index contributed by atoms with van der Waals surface area (Å²) in [5.41, 5.74) is 5.00. The Bertz CT molecular complexity index is 881. The molecule has 0 aromatic heterocycles. The van der Waals surface area contributed by atoms with Crippen LogP contribution in [0.3, 0.4) is 0 Å². The zero-order valence-electron chi connectivity index (χ0n) is 16.0. The fourth-order valence-electron chi connectivity index (χ4n) is 2.45. The van der Waals surface area contributed by atoms with Crippen molar-refractivity contribution in [3.63, 3.8) is 0 Å². The number of nitrogens with zero attached hydrogens (tertiary/aromatic N) is 1. The molecule has 0 spiro atoms. The first-order valence-electron chi connectivity index (χ1n) is 8.88. The van der Waals surface area contributed by atoms with Crippen LogP contribution in [0.1, 0.15) is 33.6 Å². The van der Waals surface area contributed by atoms with Crippen LogP contribution in [0, 0.1) is 0 Å². The Morgan fingerprint density at radius 3 is 2.74 bits per heavy atom. The van der Waals surface area contributed by atoms with Crippen molar-refractivity contribution in [1.29, 1.82) is 0 Å². The van der Waals surface area contributed by atoms with Gasteiger partial charge in [-0.25, -0.2) is 5.43 Å². The molecule has 0 aliphatic rings. The molecule has 0 radical (unpaired) electrons. The average molecular weight is 429 g/mol. The van der Waals surface area contributed by atoms with Crippen molar-refractivity contribution >= 4 is 38.8 Å². The SMILES string of the molecule is CC(C)=CCC/C(C)=C/C=N/NC(=O)COc1ccc2ccccc2c1Br. The molecule has 0 aliphatic heterocycles. The molecule has 2 rings (SSSR count). The third-order valence-electron chi connectivity index (χ3n) is 3.90. The Morgan fingerprint density at radius 1 is 1.19 bits per heavy atom. The first-order valence-corrected chi connectivity index (χ1v) is 9.67. The molecule has 4 nitrogen and oxygen atoms in total. The van der Waals surface area contributed by atoms with Gasteiger partial charge in [0.05, 0.1) is 4.47 Å². The smallest absolute Gasteiger partial charge is 0.277 e. The van der Waals surface area contributed by atoms with Gasteiger partial charge in [-0.15, -0.1) is 0 Å². The number of allylic oxidation sites excluding steroid dienone is 4. The first kappa shape index (κ1) is 20.9. The van der Waals surface area contributed by atoms with Crippen molar-refractivity contribution in [3.05, 3.63) is 64.2 Å². The summed E-state index contributed by atoms with van der Waals surface area (Å²) < 4.78 is 6.45. The van der Waals surface area contributed by atoms with Gasteiger partial charge in [-0.1, -0.05) is 47.6 Å². The van der Waals surface area contributed by atoms with Crippen LogP contribution in [0.15, 0.2) is 69.3 Å². The Hall–Kier alpha value is -2.40. The standard InChI is InChI=1S/C22H25BrN2O2/c1-16(2)7-6-8-17(3)13-14-24-25-21(26)15-27-20-12-11-18-9-4-5-10-19(18)22(20)23/h4-5,7,9-14H,6,8,15H2,1-3H3,(H,25,26)/b17-13+,24-14+. The van der Waals surface area contributed by atoms with Gasteiger partial charge < -0.3 is 4.74 Å². The number of nitrogens with one attached hydrogen (secondary N) is 1. The van der Waals surface area contributed by atoms with E-state index in [1.165, 1.54) is 11.1 Å². The van der Waals surface area contributed by atoms with Gasteiger partial charge in [0.2, 0.25) is 0 Å². The van der Waals surface area contributed by atoms with Crippen molar-refractivity contribution in [1.82, 2.24) is 5.43 Å². The van der Waals surface area contributed by atoms with E-state index in [0.29, 0.717) is 5.75 Å². The third-order valence-corrected chi connectivity index (χ3v) is 4.72. The highest BCUT2D eigenvalue weighted by atomic mass is 79.9. The van der Waals surface area contributed by atoms with Gasteiger partial charge in [-0.05, 0) is 72.5 Å². The van der Waals surface area contributed by atoms with Crippen LogP contribution < -0.4 is 10.2 Å².